The molecule has 0 bridgehead atoms. The van der Waals surface area contributed by atoms with E-state index in [4.69, 9.17) is 9.47 Å². The van der Waals surface area contributed by atoms with Crippen LogP contribution in [0.3, 0.4) is 0 Å². The smallest absolute Gasteiger partial charge is 0.275 e. The van der Waals surface area contributed by atoms with Gasteiger partial charge in [-0.1, -0.05) is 13.0 Å². The highest BCUT2D eigenvalue weighted by atomic mass is 32.2. The zero-order valence-corrected chi connectivity index (χ0v) is 24.0. The summed E-state index contributed by atoms with van der Waals surface area (Å²) in [5, 5.41) is 12.6. The van der Waals surface area contributed by atoms with E-state index in [9.17, 15) is 23.1 Å². The molecule has 13 heteroatoms. The normalized spacial score (nSPS) is 18.1. The monoisotopic (exact) mass is 583 g/mol. The van der Waals surface area contributed by atoms with Crippen LogP contribution in [0.15, 0.2) is 66.0 Å². The molecule has 0 fully saturated rings. The number of aromatic nitrogens is 2. The number of likely N-dealkylation sites (N-methyl/N-ethyl adjacent to an activating group) is 1. The lowest BCUT2D eigenvalue weighted by Crippen LogP contribution is -2.50. The van der Waals surface area contributed by atoms with Crippen molar-refractivity contribution in [2.24, 2.45) is 5.92 Å². The largest absolute Gasteiger partial charge is 0.497 e. The van der Waals surface area contributed by atoms with Crippen molar-refractivity contribution in [1.29, 1.82) is 0 Å². The number of benzene rings is 2. The second-order valence-electron chi connectivity index (χ2n) is 9.81. The number of anilines is 1. The molecule has 218 valence electrons. The van der Waals surface area contributed by atoms with Gasteiger partial charge in [0.15, 0.2) is 5.75 Å². The second kappa shape index (κ2) is 12.6. The Balaban J connectivity index is 1.71. The number of carbonyl (C=O) groups excluding carboxylic acids is 2. The molecule has 3 atom stereocenters. The van der Waals surface area contributed by atoms with Crippen LogP contribution in [0.2, 0.25) is 0 Å². The number of carbonyl (C=O) groups is 2. The predicted molar refractivity (Wildman–Crippen MR) is 150 cm³/mol. The summed E-state index contributed by atoms with van der Waals surface area (Å²) < 4.78 is 39.6. The van der Waals surface area contributed by atoms with Crippen LogP contribution in [-0.4, -0.2) is 90.5 Å². The Labute approximate surface area is 239 Å². The van der Waals surface area contributed by atoms with Gasteiger partial charge in [0.2, 0.25) is 10.0 Å². The van der Waals surface area contributed by atoms with Gasteiger partial charge in [0, 0.05) is 31.9 Å². The summed E-state index contributed by atoms with van der Waals surface area (Å²) >= 11 is 0. The number of nitrogens with one attached hydrogen (secondary N) is 1. The zero-order chi connectivity index (χ0) is 29.7. The van der Waals surface area contributed by atoms with Crippen molar-refractivity contribution < 1.29 is 32.6 Å². The van der Waals surface area contributed by atoms with Crippen LogP contribution in [0.1, 0.15) is 34.7 Å². The number of para-hydroxylation sites is 1. The SMILES string of the molecule is COc1ccc(S(=O)(=O)N(C)C[C@H]2Oc3c(NC(=O)c4cnccn4)cccc3C(=O)N([C@H](C)CO)C[C@H]2C)cc1. The molecule has 41 heavy (non-hydrogen) atoms. The third kappa shape index (κ3) is 6.47. The number of sulfonamides is 1. The molecule has 2 amide bonds. The third-order valence-corrected chi connectivity index (χ3v) is 8.78. The van der Waals surface area contributed by atoms with Gasteiger partial charge < -0.3 is 24.8 Å². The molecule has 0 unspecified atom stereocenters. The molecule has 0 radical (unpaired) electrons. The highest BCUT2D eigenvalue weighted by Crippen LogP contribution is 2.35. The van der Waals surface area contributed by atoms with Gasteiger partial charge >= 0.3 is 0 Å². The number of nitrogens with zero attached hydrogens (tertiary/aromatic N) is 4. The Morgan fingerprint density at radius 2 is 1.98 bits per heavy atom. The van der Waals surface area contributed by atoms with Gasteiger partial charge in [-0.05, 0) is 43.3 Å². The fraction of sp³-hybridized carbons (Fsp3) is 0.357. The summed E-state index contributed by atoms with van der Waals surface area (Å²) in [6, 6.07) is 10.3. The van der Waals surface area contributed by atoms with Crippen molar-refractivity contribution in [3.63, 3.8) is 0 Å². The van der Waals surface area contributed by atoms with Gasteiger partial charge in [0.25, 0.3) is 11.8 Å². The molecular formula is C28H33N5O7S. The summed E-state index contributed by atoms with van der Waals surface area (Å²) in [4.78, 5) is 36.1. The maximum Gasteiger partial charge on any atom is 0.275 e. The first-order chi connectivity index (χ1) is 19.6. The topological polar surface area (TPSA) is 151 Å². The van der Waals surface area contributed by atoms with E-state index >= 15 is 0 Å². The van der Waals surface area contributed by atoms with Gasteiger partial charge in [-0.3, -0.25) is 14.6 Å². The van der Waals surface area contributed by atoms with Crippen LogP contribution in [0.4, 0.5) is 5.69 Å². The van der Waals surface area contributed by atoms with Gasteiger partial charge in [-0.15, -0.1) is 0 Å². The first kappa shape index (κ1) is 29.9. The Morgan fingerprint density at radius 3 is 2.61 bits per heavy atom. The average Bonchev–Trinajstić information content (AvgIpc) is 2.99. The number of amides is 2. The maximum atomic E-state index is 13.7. The fourth-order valence-electron chi connectivity index (χ4n) is 4.44. The zero-order valence-electron chi connectivity index (χ0n) is 23.2. The first-order valence-electron chi connectivity index (χ1n) is 13.0. The molecular weight excluding hydrogens is 550 g/mol. The van der Waals surface area contributed by atoms with E-state index in [1.54, 1.807) is 37.3 Å². The molecule has 2 N–H and O–H groups in total. The fourth-order valence-corrected chi connectivity index (χ4v) is 5.62. The number of aliphatic hydroxyl groups excluding tert-OH is 1. The molecule has 3 aromatic rings. The molecule has 0 saturated heterocycles. The van der Waals surface area contributed by atoms with Crippen LogP contribution in [0, 0.1) is 5.92 Å². The quantitative estimate of drug-likeness (QED) is 0.387. The second-order valence-corrected chi connectivity index (χ2v) is 11.9. The lowest BCUT2D eigenvalue weighted by Gasteiger charge is -2.38. The van der Waals surface area contributed by atoms with Crippen LogP contribution in [0.5, 0.6) is 11.5 Å². The summed E-state index contributed by atoms with van der Waals surface area (Å²) in [6.07, 6.45) is 3.40. The van der Waals surface area contributed by atoms with E-state index in [-0.39, 0.29) is 59.1 Å². The lowest BCUT2D eigenvalue weighted by atomic mass is 9.99. The van der Waals surface area contributed by atoms with Crippen LogP contribution >= 0.6 is 0 Å². The molecule has 4 rings (SSSR count). The van der Waals surface area contributed by atoms with Crippen molar-refractivity contribution in [2.45, 2.75) is 30.9 Å². The van der Waals surface area contributed by atoms with Gasteiger partial charge in [0.1, 0.15) is 17.5 Å². The number of ether oxygens (including phenoxy) is 2. The van der Waals surface area contributed by atoms with Gasteiger partial charge in [0.05, 0.1) is 48.6 Å². The summed E-state index contributed by atoms with van der Waals surface area (Å²) in [5.74, 6) is -0.690. The minimum absolute atomic E-state index is 0.0586. The number of aliphatic hydroxyl groups is 1. The molecule has 1 aliphatic heterocycles. The van der Waals surface area contributed by atoms with E-state index in [2.05, 4.69) is 15.3 Å². The van der Waals surface area contributed by atoms with E-state index in [0.717, 1.165) is 0 Å². The predicted octanol–water partition coefficient (Wildman–Crippen LogP) is 2.28. The number of rotatable bonds is 9. The van der Waals surface area contributed by atoms with Crippen molar-refractivity contribution in [3.05, 3.63) is 72.3 Å². The van der Waals surface area contributed by atoms with Crippen LogP contribution in [0.25, 0.3) is 0 Å². The van der Waals surface area contributed by atoms with Gasteiger partial charge in [-0.2, -0.15) is 4.31 Å². The van der Waals surface area contributed by atoms with Crippen LogP contribution < -0.4 is 14.8 Å². The van der Waals surface area contributed by atoms with Crippen molar-refractivity contribution in [2.75, 3.05) is 39.2 Å². The lowest BCUT2D eigenvalue weighted by molar-refractivity contribution is 0.0388. The molecule has 2 aromatic carbocycles. The molecule has 1 aromatic heterocycles. The third-order valence-electron chi connectivity index (χ3n) is 6.94. The minimum Gasteiger partial charge on any atom is -0.497 e. The first-order valence-corrected chi connectivity index (χ1v) is 14.4. The van der Waals surface area contributed by atoms with Crippen molar-refractivity contribution >= 4 is 27.5 Å². The summed E-state index contributed by atoms with van der Waals surface area (Å²) in [6.45, 7) is 3.44. The molecule has 1 aliphatic rings. The van der Waals surface area contributed by atoms with Crippen molar-refractivity contribution in [3.8, 4) is 11.5 Å². The average molecular weight is 584 g/mol. The number of methoxy groups -OCH3 is 1. The highest BCUT2D eigenvalue weighted by Gasteiger charge is 2.36. The number of hydrogen-bond acceptors (Lipinski definition) is 9. The molecule has 12 nitrogen and oxygen atoms in total. The summed E-state index contributed by atoms with van der Waals surface area (Å²) in [5.41, 5.74) is 0.440. The Hall–Kier alpha value is -4.07. The molecule has 0 spiro atoms. The standard InChI is InChI=1S/C28H33N5O7S/c1-18-15-33(19(2)17-34)28(36)22-6-5-7-23(31-27(35)24-14-29-12-13-30-24)26(22)40-25(18)16-32(3)41(37,38)21-10-8-20(39-4)9-11-21/h5-14,18-19,25,34H,15-17H2,1-4H3,(H,31,35)/t18-,19-,25-/m1/s1. The van der Waals surface area contributed by atoms with E-state index in [1.165, 1.54) is 54.1 Å². The molecule has 2 heterocycles. The van der Waals surface area contributed by atoms with Crippen molar-refractivity contribution in [1.82, 2.24) is 19.2 Å². The molecule has 0 saturated carbocycles. The Bertz CT molecular complexity index is 1490. The Morgan fingerprint density at radius 1 is 1.24 bits per heavy atom. The van der Waals surface area contributed by atoms with E-state index in [0.29, 0.717) is 5.75 Å². The van der Waals surface area contributed by atoms with E-state index in [1.807, 2.05) is 6.92 Å². The van der Waals surface area contributed by atoms with Gasteiger partial charge in [-0.25, -0.2) is 13.4 Å². The maximum absolute atomic E-state index is 13.7. The number of fused-ring (bicyclic) bond motifs is 1. The Kier molecular flexibility index (Phi) is 9.21. The summed E-state index contributed by atoms with van der Waals surface area (Å²) in [7, 11) is -0.952. The minimum atomic E-state index is -3.90. The molecule has 0 aliphatic carbocycles. The van der Waals surface area contributed by atoms with Crippen LogP contribution in [-0.2, 0) is 10.0 Å². The van der Waals surface area contributed by atoms with E-state index < -0.39 is 28.1 Å². The highest BCUT2D eigenvalue weighted by molar-refractivity contribution is 7.89. The number of hydrogen-bond donors (Lipinski definition) is 2.